The maximum Gasteiger partial charge on any atom is 0.137 e. The molecule has 2 atom stereocenters. The van der Waals surface area contributed by atoms with Gasteiger partial charge in [-0.1, -0.05) is 6.07 Å². The van der Waals surface area contributed by atoms with Crippen LogP contribution in [0.4, 0.5) is 4.39 Å². The summed E-state index contributed by atoms with van der Waals surface area (Å²) in [4.78, 5) is 0. The van der Waals surface area contributed by atoms with Crippen LogP contribution in [0.3, 0.4) is 0 Å². The summed E-state index contributed by atoms with van der Waals surface area (Å²) < 4.78 is 13.7. The highest BCUT2D eigenvalue weighted by Gasteiger charge is 2.08. The van der Waals surface area contributed by atoms with Crippen molar-refractivity contribution in [1.29, 1.82) is 0 Å². The third-order valence-corrected chi connectivity index (χ3v) is 3.01. The second-order valence-corrected chi connectivity index (χ2v) is 4.96. The minimum Gasteiger partial charge on any atom is -0.395 e. The summed E-state index contributed by atoms with van der Waals surface area (Å²) in [6, 6.07) is 5.42. The maximum absolute atomic E-state index is 13.3. The quantitative estimate of drug-likeness (QED) is 0.873. The zero-order chi connectivity index (χ0) is 12.1. The highest BCUT2D eigenvalue weighted by molar-refractivity contribution is 9.10. The first-order valence-electron chi connectivity index (χ1n) is 5.33. The molecule has 0 aromatic heterocycles. The molecule has 90 valence electrons. The molecule has 0 spiro atoms. The minimum absolute atomic E-state index is 0.0651. The summed E-state index contributed by atoms with van der Waals surface area (Å²) >= 11 is 3.12. The van der Waals surface area contributed by atoms with E-state index in [1.165, 1.54) is 6.07 Å². The second-order valence-electron chi connectivity index (χ2n) is 4.10. The number of hydrogen-bond acceptors (Lipinski definition) is 2. The zero-order valence-electron chi connectivity index (χ0n) is 9.50. The summed E-state index contributed by atoms with van der Waals surface area (Å²) in [6.07, 6.45) is 0.745. The van der Waals surface area contributed by atoms with E-state index in [1.807, 2.05) is 19.9 Å². The van der Waals surface area contributed by atoms with E-state index in [0.717, 1.165) is 12.0 Å². The first-order valence-corrected chi connectivity index (χ1v) is 6.13. The largest absolute Gasteiger partial charge is 0.395 e. The van der Waals surface area contributed by atoms with E-state index in [2.05, 4.69) is 21.2 Å². The Kier molecular flexibility index (Phi) is 5.38. The number of nitrogens with one attached hydrogen (secondary N) is 1. The van der Waals surface area contributed by atoms with Gasteiger partial charge in [0.2, 0.25) is 0 Å². The number of rotatable bonds is 5. The van der Waals surface area contributed by atoms with Crippen LogP contribution in [0.1, 0.15) is 19.4 Å². The molecule has 0 aliphatic rings. The van der Waals surface area contributed by atoms with E-state index in [-0.39, 0.29) is 24.5 Å². The van der Waals surface area contributed by atoms with Gasteiger partial charge in [-0.25, -0.2) is 4.39 Å². The van der Waals surface area contributed by atoms with Crippen molar-refractivity contribution < 1.29 is 9.50 Å². The van der Waals surface area contributed by atoms with E-state index in [0.29, 0.717) is 4.47 Å². The molecular formula is C12H17BrFNO. The van der Waals surface area contributed by atoms with Crippen molar-refractivity contribution in [2.45, 2.75) is 32.4 Å². The lowest BCUT2D eigenvalue weighted by atomic mass is 10.1. The van der Waals surface area contributed by atoms with Crippen molar-refractivity contribution in [3.8, 4) is 0 Å². The molecular weight excluding hydrogens is 273 g/mol. The number of hydrogen-bond donors (Lipinski definition) is 2. The van der Waals surface area contributed by atoms with Crippen molar-refractivity contribution in [1.82, 2.24) is 5.32 Å². The van der Waals surface area contributed by atoms with E-state index in [1.54, 1.807) is 6.07 Å². The van der Waals surface area contributed by atoms with Gasteiger partial charge in [-0.3, -0.25) is 0 Å². The van der Waals surface area contributed by atoms with E-state index in [4.69, 9.17) is 5.11 Å². The molecule has 1 unspecified atom stereocenters. The number of benzene rings is 1. The summed E-state index contributed by atoms with van der Waals surface area (Å²) in [5.41, 5.74) is 0.950. The molecule has 0 aliphatic heterocycles. The van der Waals surface area contributed by atoms with Crippen LogP contribution in [0, 0.1) is 5.82 Å². The Morgan fingerprint density at radius 3 is 2.62 bits per heavy atom. The van der Waals surface area contributed by atoms with Gasteiger partial charge in [0, 0.05) is 12.1 Å². The van der Waals surface area contributed by atoms with Crippen molar-refractivity contribution >= 4 is 15.9 Å². The number of aliphatic hydroxyl groups is 1. The molecule has 4 heteroatoms. The highest BCUT2D eigenvalue weighted by atomic mass is 79.9. The predicted molar refractivity (Wildman–Crippen MR) is 66.9 cm³/mol. The first kappa shape index (κ1) is 13.6. The van der Waals surface area contributed by atoms with Gasteiger partial charge in [0.1, 0.15) is 5.82 Å². The first-order chi connectivity index (χ1) is 7.52. The molecule has 0 bridgehead atoms. The van der Waals surface area contributed by atoms with Crippen LogP contribution < -0.4 is 5.32 Å². The highest BCUT2D eigenvalue weighted by Crippen LogP contribution is 2.17. The fraction of sp³-hybridized carbons (Fsp3) is 0.500. The summed E-state index contributed by atoms with van der Waals surface area (Å²) in [5, 5.41) is 12.1. The molecule has 2 N–H and O–H groups in total. The van der Waals surface area contributed by atoms with Gasteiger partial charge < -0.3 is 10.4 Å². The van der Waals surface area contributed by atoms with E-state index in [9.17, 15) is 4.39 Å². The smallest absolute Gasteiger partial charge is 0.137 e. The fourth-order valence-corrected chi connectivity index (χ4v) is 1.86. The topological polar surface area (TPSA) is 32.3 Å². The van der Waals surface area contributed by atoms with Crippen LogP contribution in [-0.4, -0.2) is 23.8 Å². The molecule has 16 heavy (non-hydrogen) atoms. The minimum atomic E-state index is -0.236. The van der Waals surface area contributed by atoms with Gasteiger partial charge in [-0.15, -0.1) is 0 Å². The molecule has 1 aromatic rings. The third-order valence-electron chi connectivity index (χ3n) is 2.37. The van der Waals surface area contributed by atoms with Crippen LogP contribution in [0.15, 0.2) is 22.7 Å². The van der Waals surface area contributed by atoms with Crippen molar-refractivity contribution in [2.75, 3.05) is 6.61 Å². The Morgan fingerprint density at radius 2 is 2.06 bits per heavy atom. The van der Waals surface area contributed by atoms with Crippen LogP contribution in [0.5, 0.6) is 0 Å². The number of aliphatic hydroxyl groups excluding tert-OH is 1. The zero-order valence-corrected chi connectivity index (χ0v) is 11.1. The fourth-order valence-electron chi connectivity index (χ4n) is 1.62. The SMILES string of the molecule is CC(Cc1ccc(Br)c(F)c1)N[C@H](C)CO. The molecule has 0 fully saturated rings. The molecule has 2 nitrogen and oxygen atoms in total. The lowest BCUT2D eigenvalue weighted by Crippen LogP contribution is -2.37. The van der Waals surface area contributed by atoms with Gasteiger partial charge in [-0.05, 0) is 53.9 Å². The molecule has 0 saturated carbocycles. The van der Waals surface area contributed by atoms with Gasteiger partial charge in [0.15, 0.2) is 0 Å². The predicted octanol–water partition coefficient (Wildman–Crippen LogP) is 2.49. The van der Waals surface area contributed by atoms with Crippen LogP contribution >= 0.6 is 15.9 Å². The van der Waals surface area contributed by atoms with Gasteiger partial charge in [0.05, 0.1) is 11.1 Å². The lowest BCUT2D eigenvalue weighted by Gasteiger charge is -2.18. The molecule has 1 rings (SSSR count). The Morgan fingerprint density at radius 1 is 1.38 bits per heavy atom. The Hall–Kier alpha value is -0.450. The van der Waals surface area contributed by atoms with Crippen LogP contribution in [-0.2, 0) is 6.42 Å². The van der Waals surface area contributed by atoms with Gasteiger partial charge in [0.25, 0.3) is 0 Å². The van der Waals surface area contributed by atoms with Gasteiger partial charge in [-0.2, -0.15) is 0 Å². The summed E-state index contributed by atoms with van der Waals surface area (Å²) in [6.45, 7) is 4.05. The van der Waals surface area contributed by atoms with Crippen LogP contribution in [0.2, 0.25) is 0 Å². The Labute approximate surface area is 104 Å². The molecule has 0 radical (unpaired) electrons. The van der Waals surface area contributed by atoms with Crippen molar-refractivity contribution in [2.24, 2.45) is 0 Å². The van der Waals surface area contributed by atoms with Crippen LogP contribution in [0.25, 0.3) is 0 Å². The molecule has 0 heterocycles. The average molecular weight is 290 g/mol. The maximum atomic E-state index is 13.3. The second kappa shape index (κ2) is 6.33. The van der Waals surface area contributed by atoms with Crippen molar-refractivity contribution in [3.05, 3.63) is 34.1 Å². The van der Waals surface area contributed by atoms with E-state index < -0.39 is 0 Å². The third kappa shape index (κ3) is 4.20. The van der Waals surface area contributed by atoms with Gasteiger partial charge >= 0.3 is 0 Å². The summed E-state index contributed by atoms with van der Waals surface area (Å²) in [5.74, 6) is -0.236. The van der Waals surface area contributed by atoms with Crippen molar-refractivity contribution in [3.63, 3.8) is 0 Å². The molecule has 1 aromatic carbocycles. The Bertz CT molecular complexity index is 346. The monoisotopic (exact) mass is 289 g/mol. The van der Waals surface area contributed by atoms with E-state index >= 15 is 0 Å². The molecule has 0 aliphatic carbocycles. The summed E-state index contributed by atoms with van der Waals surface area (Å²) in [7, 11) is 0. The average Bonchev–Trinajstić information content (AvgIpc) is 2.23. The molecule has 0 saturated heterocycles. The Balaban J connectivity index is 2.56. The standard InChI is InChI=1S/C12H17BrFNO/c1-8(15-9(2)7-16)5-10-3-4-11(13)12(14)6-10/h3-4,6,8-9,15-16H,5,7H2,1-2H3/t8?,9-/m1/s1. The molecule has 0 amide bonds. The lowest BCUT2D eigenvalue weighted by molar-refractivity contribution is 0.242. The number of halogens is 2. The normalized spacial score (nSPS) is 14.8.